The van der Waals surface area contributed by atoms with E-state index < -0.39 is 5.78 Å². The maximum absolute atomic E-state index is 12.5. The van der Waals surface area contributed by atoms with E-state index in [1.165, 1.54) is 33.5 Å². The minimum atomic E-state index is -0.392. The molecule has 0 amide bonds. The Balaban J connectivity index is 2.41. The Bertz CT molecular complexity index is 864. The average Bonchev–Trinajstić information content (AvgIpc) is 2.86. The van der Waals surface area contributed by atoms with Crippen molar-refractivity contribution in [1.82, 2.24) is 0 Å². The number of nitrogens with one attached hydrogen (secondary N) is 1. The third-order valence-electron chi connectivity index (χ3n) is 3.78. The summed E-state index contributed by atoms with van der Waals surface area (Å²) >= 11 is 0. The smallest absolute Gasteiger partial charge is 0.212 e. The molecule has 2 aromatic carbocycles. The van der Waals surface area contributed by atoms with Crippen molar-refractivity contribution in [2.75, 3.05) is 33.7 Å². The number of anilines is 1. The molecule has 26 heavy (non-hydrogen) atoms. The standard InChI is InChI=1S/C20H21NO5/c1-21-15-8-6-5-7-14(19(15)23)16(22)10-9-13-11-17(24-2)20(26-4)18(12-13)25-3/h5-12H,1-4H3,(H,21,23)/b10-9+. The molecule has 0 spiro atoms. The van der Waals surface area contributed by atoms with E-state index >= 15 is 0 Å². The van der Waals surface area contributed by atoms with Gasteiger partial charge >= 0.3 is 0 Å². The molecule has 2 aromatic rings. The van der Waals surface area contributed by atoms with E-state index in [4.69, 9.17) is 14.2 Å². The van der Waals surface area contributed by atoms with E-state index in [2.05, 4.69) is 5.32 Å². The van der Waals surface area contributed by atoms with Gasteiger partial charge in [-0.3, -0.25) is 9.59 Å². The molecule has 0 radical (unpaired) electrons. The van der Waals surface area contributed by atoms with Gasteiger partial charge < -0.3 is 19.5 Å². The molecular formula is C20H21NO5. The minimum Gasteiger partial charge on any atom is -0.493 e. The Hall–Kier alpha value is -3.28. The van der Waals surface area contributed by atoms with Gasteiger partial charge in [0.25, 0.3) is 0 Å². The zero-order valence-electron chi connectivity index (χ0n) is 15.2. The quantitative estimate of drug-likeness (QED) is 0.608. The van der Waals surface area contributed by atoms with Crippen LogP contribution >= 0.6 is 0 Å². The summed E-state index contributed by atoms with van der Waals surface area (Å²) in [5.74, 6) is 1.03. The second-order valence-corrected chi connectivity index (χ2v) is 5.28. The van der Waals surface area contributed by atoms with Crippen molar-refractivity contribution >= 4 is 17.5 Å². The molecule has 0 unspecified atom stereocenters. The summed E-state index contributed by atoms with van der Waals surface area (Å²) in [4.78, 5) is 24.8. The van der Waals surface area contributed by atoms with Gasteiger partial charge in [-0.2, -0.15) is 0 Å². The van der Waals surface area contributed by atoms with Gasteiger partial charge in [0.05, 0.1) is 32.6 Å². The highest BCUT2D eigenvalue weighted by atomic mass is 16.5. The molecule has 6 heteroatoms. The van der Waals surface area contributed by atoms with Crippen LogP contribution in [0, 0.1) is 0 Å². The summed E-state index contributed by atoms with van der Waals surface area (Å²) in [7, 11) is 6.19. The predicted molar refractivity (Wildman–Crippen MR) is 102 cm³/mol. The predicted octanol–water partition coefficient (Wildman–Crippen LogP) is 3.01. The first kappa shape index (κ1) is 19.1. The Morgan fingerprint density at radius 2 is 1.62 bits per heavy atom. The molecule has 0 aliphatic heterocycles. The SMILES string of the molecule is CNc1ccccc(C(=O)/C=C/c2cc(OC)c(OC)c(OC)c2)c1=O. The fourth-order valence-corrected chi connectivity index (χ4v) is 2.45. The average molecular weight is 355 g/mol. The Morgan fingerprint density at radius 3 is 2.15 bits per heavy atom. The maximum Gasteiger partial charge on any atom is 0.212 e. The van der Waals surface area contributed by atoms with Crippen molar-refractivity contribution in [2.45, 2.75) is 0 Å². The van der Waals surface area contributed by atoms with Gasteiger partial charge in [0.1, 0.15) is 0 Å². The fraction of sp³-hybridized carbons (Fsp3) is 0.200. The molecule has 0 aromatic heterocycles. The van der Waals surface area contributed by atoms with Crippen LogP contribution in [0.25, 0.3) is 6.08 Å². The van der Waals surface area contributed by atoms with Crippen molar-refractivity contribution < 1.29 is 19.0 Å². The number of carbonyl (C=O) groups excluding carboxylic acids is 1. The van der Waals surface area contributed by atoms with Gasteiger partial charge in [0.15, 0.2) is 17.3 Å². The van der Waals surface area contributed by atoms with Crippen molar-refractivity contribution in [3.05, 3.63) is 63.8 Å². The number of ether oxygens (including phenoxy) is 3. The largest absolute Gasteiger partial charge is 0.493 e. The summed E-state index contributed by atoms with van der Waals surface area (Å²) in [6.07, 6.45) is 2.94. The lowest BCUT2D eigenvalue weighted by atomic mass is 10.1. The Kier molecular flexibility index (Phi) is 6.38. The zero-order valence-corrected chi connectivity index (χ0v) is 15.2. The zero-order chi connectivity index (χ0) is 19.1. The van der Waals surface area contributed by atoms with Crippen molar-refractivity contribution in [3.8, 4) is 17.2 Å². The molecule has 6 nitrogen and oxygen atoms in total. The highest BCUT2D eigenvalue weighted by Crippen LogP contribution is 2.38. The first-order valence-electron chi connectivity index (χ1n) is 7.89. The van der Waals surface area contributed by atoms with Crippen LogP contribution in [-0.4, -0.2) is 34.2 Å². The highest BCUT2D eigenvalue weighted by Gasteiger charge is 2.13. The summed E-state index contributed by atoms with van der Waals surface area (Å²) in [5, 5.41) is 2.79. The third-order valence-corrected chi connectivity index (χ3v) is 3.78. The number of methoxy groups -OCH3 is 3. The fourth-order valence-electron chi connectivity index (χ4n) is 2.45. The maximum atomic E-state index is 12.5. The molecule has 0 bridgehead atoms. The molecule has 0 heterocycles. The number of carbonyl (C=O) groups is 1. The van der Waals surface area contributed by atoms with E-state index in [1.54, 1.807) is 43.5 Å². The number of benzene rings is 1. The van der Waals surface area contributed by atoms with E-state index in [9.17, 15) is 9.59 Å². The van der Waals surface area contributed by atoms with E-state index in [-0.39, 0.29) is 11.0 Å². The van der Waals surface area contributed by atoms with Crippen molar-refractivity contribution in [3.63, 3.8) is 0 Å². The van der Waals surface area contributed by atoms with Crippen LogP contribution in [0.3, 0.4) is 0 Å². The molecule has 0 aliphatic carbocycles. The van der Waals surface area contributed by atoms with Crippen LogP contribution in [0.1, 0.15) is 15.9 Å². The van der Waals surface area contributed by atoms with Gasteiger partial charge in [-0.1, -0.05) is 18.2 Å². The topological polar surface area (TPSA) is 73.9 Å². The van der Waals surface area contributed by atoms with Crippen LogP contribution in [0.15, 0.2) is 47.3 Å². The molecule has 0 saturated heterocycles. The molecule has 0 saturated carbocycles. The first-order valence-corrected chi connectivity index (χ1v) is 7.89. The van der Waals surface area contributed by atoms with Crippen molar-refractivity contribution in [1.29, 1.82) is 0 Å². The Labute approximate surface area is 152 Å². The lowest BCUT2D eigenvalue weighted by Gasteiger charge is -2.12. The third kappa shape index (κ3) is 4.03. The monoisotopic (exact) mass is 355 g/mol. The molecule has 136 valence electrons. The summed E-state index contributed by atoms with van der Waals surface area (Å²) in [6.45, 7) is 0. The number of hydrogen-bond acceptors (Lipinski definition) is 6. The van der Waals surface area contributed by atoms with Crippen LogP contribution in [0.4, 0.5) is 5.69 Å². The molecule has 2 rings (SSSR count). The van der Waals surface area contributed by atoms with Crippen LogP contribution < -0.4 is 25.0 Å². The minimum absolute atomic E-state index is 0.0861. The van der Waals surface area contributed by atoms with Crippen LogP contribution in [0.2, 0.25) is 0 Å². The van der Waals surface area contributed by atoms with Gasteiger partial charge in [0.2, 0.25) is 11.2 Å². The summed E-state index contributed by atoms with van der Waals surface area (Å²) in [6, 6.07) is 9.92. The van der Waals surface area contributed by atoms with Gasteiger partial charge in [-0.05, 0) is 35.9 Å². The second kappa shape index (κ2) is 8.71. The first-order chi connectivity index (χ1) is 12.5. The summed E-state index contributed by atoms with van der Waals surface area (Å²) in [5.41, 5.74) is 0.772. The lowest BCUT2D eigenvalue weighted by molar-refractivity contribution is 0.104. The number of allylic oxidation sites excluding steroid dienone is 1. The van der Waals surface area contributed by atoms with E-state index in [1.807, 2.05) is 0 Å². The van der Waals surface area contributed by atoms with E-state index in [0.29, 0.717) is 28.5 Å². The molecular weight excluding hydrogens is 334 g/mol. The van der Waals surface area contributed by atoms with Gasteiger partial charge in [-0.25, -0.2) is 0 Å². The van der Waals surface area contributed by atoms with Crippen LogP contribution in [-0.2, 0) is 0 Å². The lowest BCUT2D eigenvalue weighted by Crippen LogP contribution is -2.14. The molecule has 0 fully saturated rings. The van der Waals surface area contributed by atoms with E-state index in [0.717, 1.165) is 0 Å². The normalized spacial score (nSPS) is 10.5. The number of hydrogen-bond donors (Lipinski definition) is 1. The second-order valence-electron chi connectivity index (χ2n) is 5.28. The Morgan fingerprint density at radius 1 is 1.00 bits per heavy atom. The van der Waals surface area contributed by atoms with Gasteiger partial charge in [0, 0.05) is 7.05 Å². The van der Waals surface area contributed by atoms with Crippen LogP contribution in [0.5, 0.6) is 17.2 Å². The summed E-state index contributed by atoms with van der Waals surface area (Å²) < 4.78 is 15.9. The van der Waals surface area contributed by atoms with Crippen molar-refractivity contribution in [2.24, 2.45) is 0 Å². The van der Waals surface area contributed by atoms with Gasteiger partial charge in [-0.15, -0.1) is 0 Å². The number of rotatable bonds is 7. The highest BCUT2D eigenvalue weighted by molar-refractivity contribution is 6.07. The number of ketones is 1. The molecule has 1 N–H and O–H groups in total. The molecule has 0 atom stereocenters. The molecule has 0 aliphatic rings.